The molecular weight excluding hydrogens is 309 g/mol. The van der Waals surface area contributed by atoms with Gasteiger partial charge < -0.3 is 0 Å². The molecule has 2 rings (SSSR count). The van der Waals surface area contributed by atoms with Gasteiger partial charge in [0.25, 0.3) is 0 Å². The second-order valence-corrected chi connectivity index (χ2v) is 5.62. The molecule has 1 aromatic rings. The summed E-state index contributed by atoms with van der Waals surface area (Å²) in [6.45, 7) is 6.28. The van der Waals surface area contributed by atoms with E-state index in [1.807, 2.05) is 13.0 Å². The van der Waals surface area contributed by atoms with Crippen molar-refractivity contribution in [2.75, 3.05) is 26.2 Å². The molecule has 102 valence electrons. The van der Waals surface area contributed by atoms with Crippen molar-refractivity contribution in [2.45, 2.75) is 19.5 Å². The summed E-state index contributed by atoms with van der Waals surface area (Å²) in [7, 11) is 0. The highest BCUT2D eigenvalue weighted by molar-refractivity contribution is 9.10. The van der Waals surface area contributed by atoms with Crippen LogP contribution in [-0.4, -0.2) is 42.0 Å². The Morgan fingerprint density at radius 1 is 1.37 bits per heavy atom. The SMILES string of the molecule is CC(C#N)N1CCN(Cc2cccc(F)c2Br)CC1. The minimum Gasteiger partial charge on any atom is -0.296 e. The zero-order valence-electron chi connectivity index (χ0n) is 10.9. The van der Waals surface area contributed by atoms with Crippen LogP contribution in [0.4, 0.5) is 4.39 Å². The normalized spacial score (nSPS) is 19.1. The first-order valence-corrected chi connectivity index (χ1v) is 7.20. The van der Waals surface area contributed by atoms with E-state index in [4.69, 9.17) is 5.26 Å². The van der Waals surface area contributed by atoms with Gasteiger partial charge in [-0.25, -0.2) is 4.39 Å². The van der Waals surface area contributed by atoms with Crippen LogP contribution < -0.4 is 0 Å². The third-order valence-corrected chi connectivity index (χ3v) is 4.46. The van der Waals surface area contributed by atoms with Crippen LogP contribution in [0.2, 0.25) is 0 Å². The third-order valence-electron chi connectivity index (χ3n) is 3.57. The number of piperazine rings is 1. The van der Waals surface area contributed by atoms with Gasteiger partial charge in [0, 0.05) is 32.7 Å². The van der Waals surface area contributed by atoms with Crippen LogP contribution in [0, 0.1) is 17.1 Å². The average Bonchev–Trinajstić information content (AvgIpc) is 2.44. The molecule has 0 amide bonds. The zero-order valence-corrected chi connectivity index (χ0v) is 12.5. The maximum Gasteiger partial charge on any atom is 0.137 e. The van der Waals surface area contributed by atoms with Crippen LogP contribution in [0.3, 0.4) is 0 Å². The van der Waals surface area contributed by atoms with Crippen molar-refractivity contribution in [3.05, 3.63) is 34.1 Å². The number of nitriles is 1. The van der Waals surface area contributed by atoms with Crippen LogP contribution >= 0.6 is 15.9 Å². The van der Waals surface area contributed by atoms with E-state index in [1.54, 1.807) is 6.07 Å². The quantitative estimate of drug-likeness (QED) is 0.855. The fraction of sp³-hybridized carbons (Fsp3) is 0.500. The first-order valence-electron chi connectivity index (χ1n) is 6.40. The Labute approximate surface area is 121 Å². The van der Waals surface area contributed by atoms with Crippen molar-refractivity contribution >= 4 is 15.9 Å². The largest absolute Gasteiger partial charge is 0.296 e. The second kappa shape index (κ2) is 6.47. The molecule has 0 aromatic heterocycles. The maximum absolute atomic E-state index is 13.4. The monoisotopic (exact) mass is 325 g/mol. The summed E-state index contributed by atoms with van der Waals surface area (Å²) in [5.74, 6) is -0.214. The van der Waals surface area contributed by atoms with Crippen molar-refractivity contribution in [1.82, 2.24) is 9.80 Å². The molecule has 0 radical (unpaired) electrons. The van der Waals surface area contributed by atoms with Crippen LogP contribution in [0.1, 0.15) is 12.5 Å². The molecule has 3 nitrogen and oxygen atoms in total. The van der Waals surface area contributed by atoms with Crippen LogP contribution in [-0.2, 0) is 6.54 Å². The Bertz CT molecular complexity index is 478. The molecule has 19 heavy (non-hydrogen) atoms. The number of hydrogen-bond acceptors (Lipinski definition) is 3. The highest BCUT2D eigenvalue weighted by Gasteiger charge is 2.21. The lowest BCUT2D eigenvalue weighted by Gasteiger charge is -2.36. The van der Waals surface area contributed by atoms with Gasteiger partial charge in [-0.3, -0.25) is 9.80 Å². The summed E-state index contributed by atoms with van der Waals surface area (Å²) >= 11 is 3.30. The van der Waals surface area contributed by atoms with E-state index in [-0.39, 0.29) is 11.9 Å². The third kappa shape index (κ3) is 3.53. The molecule has 5 heteroatoms. The van der Waals surface area contributed by atoms with E-state index in [2.05, 4.69) is 31.8 Å². The number of halogens is 2. The van der Waals surface area contributed by atoms with Gasteiger partial charge >= 0.3 is 0 Å². The molecule has 1 unspecified atom stereocenters. The van der Waals surface area contributed by atoms with E-state index in [9.17, 15) is 4.39 Å². The Kier molecular flexibility index (Phi) is 4.92. The maximum atomic E-state index is 13.4. The van der Waals surface area contributed by atoms with E-state index >= 15 is 0 Å². The van der Waals surface area contributed by atoms with Gasteiger partial charge in [0.15, 0.2) is 0 Å². The Hall–Kier alpha value is -0.960. The smallest absolute Gasteiger partial charge is 0.137 e. The lowest BCUT2D eigenvalue weighted by molar-refractivity contribution is 0.114. The van der Waals surface area contributed by atoms with Gasteiger partial charge in [-0.15, -0.1) is 0 Å². The summed E-state index contributed by atoms with van der Waals surface area (Å²) in [6.07, 6.45) is 0. The lowest BCUT2D eigenvalue weighted by atomic mass is 10.2. The van der Waals surface area contributed by atoms with E-state index in [0.29, 0.717) is 4.47 Å². The Morgan fingerprint density at radius 2 is 2.05 bits per heavy atom. The second-order valence-electron chi connectivity index (χ2n) is 4.83. The van der Waals surface area contributed by atoms with Crippen molar-refractivity contribution in [1.29, 1.82) is 5.26 Å². The lowest BCUT2D eigenvalue weighted by Crippen LogP contribution is -2.48. The fourth-order valence-corrected chi connectivity index (χ4v) is 2.69. The first kappa shape index (κ1) is 14.4. The van der Waals surface area contributed by atoms with Crippen molar-refractivity contribution in [2.24, 2.45) is 0 Å². The average molecular weight is 326 g/mol. The van der Waals surface area contributed by atoms with Gasteiger partial charge in [-0.05, 0) is 34.5 Å². The van der Waals surface area contributed by atoms with Gasteiger partial charge in [0.1, 0.15) is 5.82 Å². The molecule has 0 spiro atoms. The fourth-order valence-electron chi connectivity index (χ4n) is 2.30. The number of nitrogens with zero attached hydrogens (tertiary/aromatic N) is 3. The van der Waals surface area contributed by atoms with E-state index < -0.39 is 0 Å². The van der Waals surface area contributed by atoms with Crippen LogP contribution in [0.5, 0.6) is 0 Å². The first-order chi connectivity index (χ1) is 9.11. The van der Waals surface area contributed by atoms with E-state index in [1.165, 1.54) is 6.07 Å². The summed E-state index contributed by atoms with van der Waals surface area (Å²) < 4.78 is 14.0. The summed E-state index contributed by atoms with van der Waals surface area (Å²) in [5.41, 5.74) is 0.974. The number of hydrogen-bond donors (Lipinski definition) is 0. The predicted molar refractivity (Wildman–Crippen MR) is 76.0 cm³/mol. The van der Waals surface area contributed by atoms with E-state index in [0.717, 1.165) is 38.3 Å². The molecule has 1 aliphatic heterocycles. The molecule has 0 saturated carbocycles. The minimum atomic E-state index is -0.214. The molecule has 1 saturated heterocycles. The van der Waals surface area contributed by atoms with Gasteiger partial charge in [-0.1, -0.05) is 12.1 Å². The molecular formula is C14H17BrFN3. The minimum absolute atomic E-state index is 0.0249. The standard InChI is InChI=1S/C14H17BrFN3/c1-11(9-17)19-7-5-18(6-8-19)10-12-3-2-4-13(16)14(12)15/h2-4,11H,5-8,10H2,1H3. The molecule has 1 aromatic carbocycles. The van der Waals surface area contributed by atoms with Crippen molar-refractivity contribution < 1.29 is 4.39 Å². The molecule has 0 bridgehead atoms. The molecule has 1 fully saturated rings. The molecule has 0 aliphatic carbocycles. The van der Waals surface area contributed by atoms with Gasteiger partial charge in [0.2, 0.25) is 0 Å². The summed E-state index contributed by atoms with van der Waals surface area (Å²) in [5, 5.41) is 8.90. The zero-order chi connectivity index (χ0) is 13.8. The highest BCUT2D eigenvalue weighted by Crippen LogP contribution is 2.22. The molecule has 0 N–H and O–H groups in total. The summed E-state index contributed by atoms with van der Waals surface area (Å²) in [6, 6.07) is 7.38. The van der Waals surface area contributed by atoms with Gasteiger partial charge in [-0.2, -0.15) is 5.26 Å². The van der Waals surface area contributed by atoms with Crippen LogP contribution in [0.15, 0.2) is 22.7 Å². The number of rotatable bonds is 3. The molecule has 1 atom stereocenters. The topological polar surface area (TPSA) is 30.3 Å². The van der Waals surface area contributed by atoms with Crippen molar-refractivity contribution in [3.63, 3.8) is 0 Å². The molecule has 1 heterocycles. The van der Waals surface area contributed by atoms with Crippen LogP contribution in [0.25, 0.3) is 0 Å². The summed E-state index contributed by atoms with van der Waals surface area (Å²) in [4.78, 5) is 4.47. The van der Waals surface area contributed by atoms with Gasteiger partial charge in [0.05, 0.1) is 16.6 Å². The Balaban J connectivity index is 1.93. The Morgan fingerprint density at radius 3 is 2.68 bits per heavy atom. The predicted octanol–water partition coefficient (Wildman–Crippen LogP) is 2.62. The highest BCUT2D eigenvalue weighted by atomic mass is 79.9. The molecule has 1 aliphatic rings. The van der Waals surface area contributed by atoms with Crippen molar-refractivity contribution in [3.8, 4) is 6.07 Å². The number of benzene rings is 1.